The summed E-state index contributed by atoms with van der Waals surface area (Å²) in [6.45, 7) is 7.70. The summed E-state index contributed by atoms with van der Waals surface area (Å²) in [5.41, 5.74) is 28.3. The number of hydrogen-bond acceptors (Lipinski definition) is 14. The minimum Gasteiger partial charge on any atom is -0.394 e. The van der Waals surface area contributed by atoms with Crippen LogP contribution in [-0.2, 0) is 49.6 Å². The van der Waals surface area contributed by atoms with Crippen molar-refractivity contribution in [1.82, 2.24) is 47.4 Å². The first-order valence-corrected chi connectivity index (χ1v) is 26.8. The molecule has 26 nitrogen and oxygen atoms in total. The van der Waals surface area contributed by atoms with Gasteiger partial charge in [0, 0.05) is 26.1 Å². The number of rotatable bonds is 34. The molecule has 0 unspecified atom stereocenters. The van der Waals surface area contributed by atoms with Crippen LogP contribution >= 0.6 is 0 Å². The highest BCUT2D eigenvalue weighted by Gasteiger charge is 2.38. The predicted molar refractivity (Wildman–Crippen MR) is 290 cm³/mol. The molecule has 1 aromatic rings. The third kappa shape index (κ3) is 22.7. The molecule has 1 aromatic carbocycles. The highest BCUT2D eigenvalue weighted by Crippen LogP contribution is 2.19. The molecule has 26 heteroatoms. The van der Waals surface area contributed by atoms with Crippen LogP contribution < -0.4 is 71.2 Å². The van der Waals surface area contributed by atoms with Gasteiger partial charge >= 0.3 is 0 Å². The fourth-order valence-electron chi connectivity index (χ4n) is 8.98. The number of likely N-dealkylation sites (tertiary alicyclic amines) is 1. The van der Waals surface area contributed by atoms with E-state index in [4.69, 9.17) is 28.7 Å². The maximum Gasteiger partial charge on any atom is 0.245 e. The number of amides is 8. The van der Waals surface area contributed by atoms with E-state index in [1.165, 1.54) is 4.90 Å². The summed E-state index contributed by atoms with van der Waals surface area (Å²) in [5.74, 6) is -6.62. The van der Waals surface area contributed by atoms with Crippen LogP contribution in [0.25, 0.3) is 0 Å². The summed E-state index contributed by atoms with van der Waals surface area (Å²) >= 11 is 0. The van der Waals surface area contributed by atoms with Gasteiger partial charge in [-0.2, -0.15) is 0 Å². The Hall–Kier alpha value is -6.93. The van der Waals surface area contributed by atoms with Crippen molar-refractivity contribution >= 4 is 65.5 Å². The van der Waals surface area contributed by atoms with Crippen molar-refractivity contribution in [2.45, 2.75) is 166 Å². The molecular weight excluding hydrogens is 997 g/mol. The summed E-state index contributed by atoms with van der Waals surface area (Å²) in [6, 6.07) is -1.37. The number of nitrogens with two attached hydrogens (primary N) is 5. The smallest absolute Gasteiger partial charge is 0.245 e. The summed E-state index contributed by atoms with van der Waals surface area (Å²) < 4.78 is 0. The number of nitrogens with zero attached hydrogens (tertiary/aromatic N) is 3. The lowest BCUT2D eigenvalue weighted by atomic mass is 9.98. The highest BCUT2D eigenvalue weighted by molar-refractivity contribution is 5.98. The molecule has 2 heterocycles. The molecule has 77 heavy (non-hydrogen) atoms. The van der Waals surface area contributed by atoms with Gasteiger partial charge < -0.3 is 86.0 Å². The lowest BCUT2D eigenvalue weighted by Crippen LogP contribution is -2.61. The second-order valence-corrected chi connectivity index (χ2v) is 20.3. The number of carbonyl (C=O) groups excluding carboxylic acids is 9. The van der Waals surface area contributed by atoms with Crippen LogP contribution in [0.4, 0.5) is 0 Å². The predicted octanol–water partition coefficient (Wildman–Crippen LogP) is -3.50. The Morgan fingerprint density at radius 1 is 0.662 bits per heavy atom. The van der Waals surface area contributed by atoms with Gasteiger partial charge in [0.25, 0.3) is 0 Å². The van der Waals surface area contributed by atoms with Crippen molar-refractivity contribution in [3.05, 3.63) is 35.9 Å². The van der Waals surface area contributed by atoms with E-state index in [1.54, 1.807) is 44.2 Å². The molecule has 9 atom stereocenters. The minimum atomic E-state index is -1.59. The van der Waals surface area contributed by atoms with Crippen molar-refractivity contribution in [3.8, 4) is 0 Å². The Morgan fingerprint density at radius 3 is 1.74 bits per heavy atom. The Morgan fingerprint density at radius 2 is 1.19 bits per heavy atom. The highest BCUT2D eigenvalue weighted by atomic mass is 16.3. The zero-order valence-corrected chi connectivity index (χ0v) is 45.1. The zero-order valence-electron chi connectivity index (χ0n) is 45.1. The zero-order chi connectivity index (χ0) is 57.0. The fraction of sp³-hybridized carbons (Fsp3) is 0.667. The number of nitrogens with one attached hydrogen (secondary N) is 8. The minimum absolute atomic E-state index is 0.0227. The Balaban J connectivity index is 1.86. The van der Waals surface area contributed by atoms with Gasteiger partial charge in [0.2, 0.25) is 47.3 Å². The van der Waals surface area contributed by atoms with Crippen molar-refractivity contribution in [2.75, 3.05) is 39.3 Å². The van der Waals surface area contributed by atoms with E-state index < -0.39 is 114 Å². The van der Waals surface area contributed by atoms with Gasteiger partial charge in [-0.25, -0.2) is 0 Å². The largest absolute Gasteiger partial charge is 0.394 e. The van der Waals surface area contributed by atoms with Crippen LogP contribution in [-0.4, -0.2) is 169 Å². The number of aliphatic hydroxyl groups excluding tert-OH is 1. The monoisotopic (exact) mass is 1080 g/mol. The second kappa shape index (κ2) is 34.0. The number of unbranched alkanes of at least 4 members (excludes halogenated alkanes) is 1. The van der Waals surface area contributed by atoms with Gasteiger partial charge in [-0.15, -0.1) is 0 Å². The van der Waals surface area contributed by atoms with Crippen LogP contribution in [0, 0.1) is 11.8 Å². The molecule has 2 aliphatic heterocycles. The molecule has 3 rings (SSSR count). The Kier molecular flexibility index (Phi) is 28.4. The summed E-state index contributed by atoms with van der Waals surface area (Å²) in [5, 5.41) is 32.4. The number of carbonyl (C=O) groups is 9. The van der Waals surface area contributed by atoms with E-state index in [0.29, 0.717) is 63.6 Å². The molecule has 0 spiro atoms. The van der Waals surface area contributed by atoms with Crippen LogP contribution in [0.5, 0.6) is 0 Å². The molecule has 0 saturated carbocycles. The molecule has 2 aliphatic rings. The van der Waals surface area contributed by atoms with Gasteiger partial charge in [0.05, 0.1) is 18.7 Å². The fourth-order valence-corrected chi connectivity index (χ4v) is 8.98. The first-order valence-electron chi connectivity index (χ1n) is 26.8. The topological polar surface area (TPSA) is 428 Å². The van der Waals surface area contributed by atoms with E-state index >= 15 is 0 Å². The Labute approximate surface area is 451 Å². The number of guanidine groups is 2. The number of aldehydes is 1. The lowest BCUT2D eigenvalue weighted by molar-refractivity contribution is -0.140. The molecule has 8 amide bonds. The van der Waals surface area contributed by atoms with E-state index in [0.717, 1.165) is 6.42 Å². The van der Waals surface area contributed by atoms with Gasteiger partial charge in [-0.05, 0) is 108 Å². The number of aliphatic imine (C=N–C) groups is 2. The van der Waals surface area contributed by atoms with Crippen molar-refractivity contribution in [2.24, 2.45) is 50.5 Å². The molecule has 0 radical (unpaired) electrons. The first-order chi connectivity index (χ1) is 36.7. The van der Waals surface area contributed by atoms with Crippen molar-refractivity contribution in [1.29, 1.82) is 0 Å². The maximum absolute atomic E-state index is 14.4. The summed E-state index contributed by atoms with van der Waals surface area (Å²) in [7, 11) is 0. The molecule has 0 aromatic heterocycles. The average Bonchev–Trinajstić information content (AvgIpc) is 4.12. The van der Waals surface area contributed by atoms with Gasteiger partial charge in [0.15, 0.2) is 11.9 Å². The Bertz CT molecular complexity index is 2150. The standard InChI is InChI=1S/C51H86N16O10/c1-30(2)26-38(46(74)66-41(31(3)4)48(76)61-36(20-12-24-59-51(55)56)43(71)62-37(17-8-9-21-52)49(77)67-25-13-16-33(67)28-68)63-45(73)39(27-32-14-6-5-7-15-32)64-47(75)40(29-69)65-44(72)35(19-11-23-58-50(53)54)60-42(70)34-18-10-22-57-34/h5-7,14-15,28,30-31,33-41,57,69H,8-13,16-27,29,52H2,1-4H3,(H,60,70)(H,61,76)(H,62,71)(H,63,73)(H,64,75)(H,65,72)(H,66,74)(H4,53,54,58)(H4,55,56,59)/t33-,34-,35-,36-,37-,38-,39-,40-,41-/m0/s1. The molecule has 0 aliphatic carbocycles. The SMILES string of the molecule is CC(C)C[C@H](NC(=O)[C@H](Cc1ccccc1)NC(=O)[C@H](CO)NC(=O)[C@H](CCCN=C(N)N)NC(=O)[C@@H]1CCCN1)C(=O)N[C@H](C(=O)N[C@@H](CCCN=C(N)N)C(=O)N[C@@H](CCCCN)C(=O)N1CCC[C@H]1C=O)C(C)C. The number of benzene rings is 1. The van der Waals surface area contributed by atoms with E-state index in [1.807, 2.05) is 13.8 Å². The average molecular weight is 1080 g/mol. The van der Waals surface area contributed by atoms with E-state index in [9.17, 15) is 48.3 Å². The van der Waals surface area contributed by atoms with Crippen molar-refractivity contribution < 1.29 is 48.3 Å². The van der Waals surface area contributed by atoms with Gasteiger partial charge in [-0.3, -0.25) is 48.3 Å². The summed E-state index contributed by atoms with van der Waals surface area (Å²) in [4.78, 5) is 133. The molecule has 2 saturated heterocycles. The molecule has 2 fully saturated rings. The molecular formula is C51H86N16O10. The quantitative estimate of drug-likeness (QED) is 0.0138. The van der Waals surface area contributed by atoms with Gasteiger partial charge in [-0.1, -0.05) is 58.0 Å². The lowest BCUT2D eigenvalue weighted by Gasteiger charge is -2.30. The summed E-state index contributed by atoms with van der Waals surface area (Å²) in [6.07, 6.45) is 5.06. The normalized spacial score (nSPS) is 17.8. The van der Waals surface area contributed by atoms with Gasteiger partial charge in [0.1, 0.15) is 48.6 Å². The van der Waals surface area contributed by atoms with Crippen LogP contribution in [0.15, 0.2) is 40.3 Å². The van der Waals surface area contributed by atoms with Crippen LogP contribution in [0.3, 0.4) is 0 Å². The second-order valence-electron chi connectivity index (χ2n) is 20.3. The van der Waals surface area contributed by atoms with Crippen LogP contribution in [0.1, 0.15) is 110 Å². The first kappa shape index (κ1) is 64.4. The maximum atomic E-state index is 14.4. The molecule has 19 N–H and O–H groups in total. The molecule has 0 bridgehead atoms. The molecule has 430 valence electrons. The third-order valence-corrected chi connectivity index (χ3v) is 13.2. The van der Waals surface area contributed by atoms with Crippen molar-refractivity contribution in [3.63, 3.8) is 0 Å². The number of hydrogen-bond donors (Lipinski definition) is 14. The van der Waals surface area contributed by atoms with E-state index in [-0.39, 0.29) is 75.9 Å². The van der Waals surface area contributed by atoms with E-state index in [2.05, 4.69) is 52.5 Å². The van der Waals surface area contributed by atoms with Crippen LogP contribution in [0.2, 0.25) is 0 Å². The number of aliphatic hydroxyl groups is 1. The third-order valence-electron chi connectivity index (χ3n) is 13.2.